The lowest BCUT2D eigenvalue weighted by Gasteiger charge is -2.25. The maximum absolute atomic E-state index is 14.0. The van der Waals surface area contributed by atoms with Gasteiger partial charge in [0.15, 0.2) is 17.0 Å². The van der Waals surface area contributed by atoms with Gasteiger partial charge in [-0.05, 0) is 41.7 Å². The van der Waals surface area contributed by atoms with Gasteiger partial charge in [0.1, 0.15) is 11.9 Å². The van der Waals surface area contributed by atoms with Gasteiger partial charge >= 0.3 is 12.1 Å². The van der Waals surface area contributed by atoms with Crippen molar-refractivity contribution in [2.75, 3.05) is 17.6 Å². The van der Waals surface area contributed by atoms with Crippen molar-refractivity contribution >= 4 is 47.6 Å². The predicted molar refractivity (Wildman–Crippen MR) is 151 cm³/mol. The first-order valence-electron chi connectivity index (χ1n) is 12.9. The topological polar surface area (TPSA) is 125 Å². The fourth-order valence-electron chi connectivity index (χ4n) is 4.38. The normalized spacial score (nSPS) is 16.4. The quantitative estimate of drug-likeness (QED) is 0.207. The highest BCUT2D eigenvalue weighted by molar-refractivity contribution is 8.00. The number of aliphatic carboxylic acids is 1. The Morgan fingerprint density at radius 1 is 1.09 bits per heavy atom. The zero-order valence-corrected chi connectivity index (χ0v) is 24.6. The van der Waals surface area contributed by atoms with E-state index in [9.17, 15) is 45.8 Å². The molecule has 0 aromatic heterocycles. The van der Waals surface area contributed by atoms with Gasteiger partial charge in [-0.3, -0.25) is 9.59 Å². The third-order valence-electron chi connectivity index (χ3n) is 6.54. The molecule has 238 valence electrons. The minimum Gasteiger partial charge on any atom is -0.480 e. The van der Waals surface area contributed by atoms with Crippen LogP contribution in [0, 0.1) is 23.4 Å². The second kappa shape index (κ2) is 15.0. The van der Waals surface area contributed by atoms with Gasteiger partial charge in [-0.15, -0.1) is 24.2 Å². The fraction of sp³-hybridized carbons (Fsp3) is 0.444. The van der Waals surface area contributed by atoms with Gasteiger partial charge in [0.2, 0.25) is 5.91 Å². The van der Waals surface area contributed by atoms with Gasteiger partial charge in [0.25, 0.3) is 5.91 Å². The maximum atomic E-state index is 14.0. The largest absolute Gasteiger partial charge is 0.480 e. The first-order valence-corrected chi connectivity index (χ1v) is 13.9. The number of nitrogens with zero attached hydrogens (tertiary/aromatic N) is 1. The van der Waals surface area contributed by atoms with E-state index in [4.69, 9.17) is 5.73 Å². The Morgan fingerprint density at radius 3 is 2.35 bits per heavy atom. The molecule has 1 aliphatic rings. The fourth-order valence-corrected chi connectivity index (χ4v) is 5.54. The van der Waals surface area contributed by atoms with Gasteiger partial charge < -0.3 is 26.4 Å². The summed E-state index contributed by atoms with van der Waals surface area (Å²) in [5, 5.41) is 13.3. The van der Waals surface area contributed by atoms with Gasteiger partial charge in [0, 0.05) is 43.1 Å². The molecule has 8 nitrogen and oxygen atoms in total. The minimum absolute atomic E-state index is 0. The van der Waals surface area contributed by atoms with Crippen LogP contribution in [0.4, 0.5) is 32.0 Å². The van der Waals surface area contributed by atoms with E-state index in [0.717, 1.165) is 23.9 Å². The molecule has 0 bridgehead atoms. The van der Waals surface area contributed by atoms with Crippen LogP contribution in [0.3, 0.4) is 0 Å². The van der Waals surface area contributed by atoms with Crippen LogP contribution < -0.4 is 16.4 Å². The highest BCUT2D eigenvalue weighted by Crippen LogP contribution is 2.36. The Balaban J connectivity index is 0.00000645. The molecular weight excluding hydrogens is 626 g/mol. The third kappa shape index (κ3) is 9.41. The molecule has 1 saturated heterocycles. The van der Waals surface area contributed by atoms with Crippen LogP contribution in [0.5, 0.6) is 0 Å². The lowest BCUT2D eigenvalue weighted by Crippen LogP contribution is -2.46. The van der Waals surface area contributed by atoms with Gasteiger partial charge in [-0.2, -0.15) is 13.2 Å². The number of thioether (sulfide) groups is 1. The summed E-state index contributed by atoms with van der Waals surface area (Å²) in [6, 6.07) is 2.05. The Labute approximate surface area is 254 Å². The average molecular weight is 657 g/mol. The number of carbonyl (C=O) groups is 3. The number of rotatable bonds is 11. The molecule has 0 unspecified atom stereocenters. The third-order valence-corrected chi connectivity index (χ3v) is 7.75. The molecule has 0 spiro atoms. The van der Waals surface area contributed by atoms with E-state index in [1.165, 1.54) is 11.0 Å². The SMILES string of the molecule is CC(C)[C@@H](Nc1ccc(CNC(=O)[C@@H]2SCCN2C(=O)C[C@H](N)Cc2cc(F)c(F)cc2F)cc1C(F)(F)F)C(=O)O.Cl. The number of hydrogen-bond donors (Lipinski definition) is 4. The van der Waals surface area contributed by atoms with Crippen LogP contribution >= 0.6 is 24.2 Å². The van der Waals surface area contributed by atoms with Crippen molar-refractivity contribution in [3.05, 3.63) is 64.5 Å². The van der Waals surface area contributed by atoms with E-state index in [1.807, 2.05) is 0 Å². The predicted octanol–water partition coefficient (Wildman–Crippen LogP) is 4.54. The number of nitrogens with one attached hydrogen (secondary N) is 2. The molecule has 1 aliphatic heterocycles. The van der Waals surface area contributed by atoms with Gasteiger partial charge in [-0.1, -0.05) is 19.9 Å². The van der Waals surface area contributed by atoms with Crippen molar-refractivity contribution < 1.29 is 45.8 Å². The van der Waals surface area contributed by atoms with Crippen LogP contribution in [-0.2, 0) is 33.5 Å². The lowest BCUT2D eigenvalue weighted by atomic mass is 10.0. The molecule has 5 N–H and O–H groups in total. The molecular formula is C27H31ClF6N4O4S. The number of carboxylic acid groups (broad SMARTS) is 1. The number of carbonyl (C=O) groups excluding carboxylic acids is 2. The van der Waals surface area contributed by atoms with Crippen LogP contribution in [-0.4, -0.2) is 57.5 Å². The van der Waals surface area contributed by atoms with Crippen LogP contribution in [0.2, 0.25) is 0 Å². The second-order valence-electron chi connectivity index (χ2n) is 10.1. The monoisotopic (exact) mass is 656 g/mol. The summed E-state index contributed by atoms with van der Waals surface area (Å²) in [5.74, 6) is -6.20. The Kier molecular flexibility index (Phi) is 12.6. The van der Waals surface area contributed by atoms with E-state index in [2.05, 4.69) is 10.6 Å². The molecule has 3 rings (SSSR count). The minimum atomic E-state index is -4.81. The standard InChI is InChI=1S/C27H30F6N4O4S.ClH/c1-13(2)23(26(40)41)36-21-4-3-14(7-17(21)27(31,32)33)12-35-24(39)25-37(5-6-42-25)22(38)10-16(34)8-15-9-19(29)20(30)11-18(15)28;/h3-4,7,9,11,13,16,23,25,36H,5-6,8,10,12,34H2,1-2H3,(H,35,39)(H,40,41);1H/t16-,23-,25+;/m1./s1. The highest BCUT2D eigenvalue weighted by atomic mass is 35.5. The number of amides is 2. The summed E-state index contributed by atoms with van der Waals surface area (Å²) in [4.78, 5) is 38.5. The van der Waals surface area contributed by atoms with Gasteiger partial charge in [-0.25, -0.2) is 18.0 Å². The first kappa shape index (κ1) is 36.0. The van der Waals surface area contributed by atoms with Crippen LogP contribution in [0.1, 0.15) is 37.0 Å². The first-order chi connectivity index (χ1) is 19.6. The Morgan fingerprint density at radius 2 is 1.74 bits per heavy atom. The lowest BCUT2D eigenvalue weighted by molar-refractivity contribution is -0.140. The van der Waals surface area contributed by atoms with Crippen LogP contribution in [0.25, 0.3) is 0 Å². The number of halogens is 7. The number of anilines is 1. The average Bonchev–Trinajstić information content (AvgIpc) is 3.39. The van der Waals surface area contributed by atoms with Crippen LogP contribution in [0.15, 0.2) is 30.3 Å². The van der Waals surface area contributed by atoms with E-state index < -0.39 is 76.0 Å². The maximum Gasteiger partial charge on any atom is 0.418 e. The molecule has 1 fully saturated rings. The van der Waals surface area contributed by atoms with E-state index in [0.29, 0.717) is 17.9 Å². The summed E-state index contributed by atoms with van der Waals surface area (Å²) in [6.45, 7) is 2.99. The summed E-state index contributed by atoms with van der Waals surface area (Å²) in [5.41, 5.74) is 4.32. The van der Waals surface area contributed by atoms with E-state index >= 15 is 0 Å². The highest BCUT2D eigenvalue weighted by Gasteiger charge is 2.37. The molecule has 0 aliphatic carbocycles. The smallest absolute Gasteiger partial charge is 0.418 e. The molecule has 3 atom stereocenters. The molecule has 0 radical (unpaired) electrons. The summed E-state index contributed by atoms with van der Waals surface area (Å²) < 4.78 is 81.9. The van der Waals surface area contributed by atoms with Crippen molar-refractivity contribution in [2.24, 2.45) is 11.7 Å². The number of nitrogens with two attached hydrogens (primary N) is 1. The molecule has 43 heavy (non-hydrogen) atoms. The molecule has 2 aromatic rings. The van der Waals surface area contributed by atoms with E-state index in [1.54, 1.807) is 13.8 Å². The van der Waals surface area contributed by atoms with E-state index in [-0.39, 0.29) is 49.5 Å². The van der Waals surface area contributed by atoms with Gasteiger partial charge in [0.05, 0.1) is 5.56 Å². The Hall–Kier alpha value is -3.17. The van der Waals surface area contributed by atoms with Crippen molar-refractivity contribution in [1.29, 1.82) is 0 Å². The van der Waals surface area contributed by atoms with Crippen molar-refractivity contribution in [3.8, 4) is 0 Å². The molecule has 2 aromatic carbocycles. The van der Waals surface area contributed by atoms with Crippen molar-refractivity contribution in [1.82, 2.24) is 10.2 Å². The second-order valence-corrected chi connectivity index (χ2v) is 11.3. The molecule has 16 heteroatoms. The number of hydrogen-bond acceptors (Lipinski definition) is 6. The number of alkyl halides is 3. The summed E-state index contributed by atoms with van der Waals surface area (Å²) in [6.07, 6.45) is -5.39. The Bertz CT molecular complexity index is 1330. The molecule has 0 saturated carbocycles. The zero-order chi connectivity index (χ0) is 31.4. The molecule has 2 amide bonds. The number of benzene rings is 2. The van der Waals surface area contributed by atoms with Crippen molar-refractivity contribution in [3.63, 3.8) is 0 Å². The zero-order valence-electron chi connectivity index (χ0n) is 23.0. The summed E-state index contributed by atoms with van der Waals surface area (Å²) >= 11 is 1.14. The number of carboxylic acids is 1. The molecule has 1 heterocycles. The summed E-state index contributed by atoms with van der Waals surface area (Å²) in [7, 11) is 0. The van der Waals surface area contributed by atoms with Crippen molar-refractivity contribution in [2.45, 2.75) is 56.9 Å².